The Hall–Kier alpha value is -3.18. The third-order valence-corrected chi connectivity index (χ3v) is 3.98. The first-order valence-corrected chi connectivity index (χ1v) is 8.31. The van der Waals surface area contributed by atoms with Crippen molar-refractivity contribution in [2.75, 3.05) is 10.6 Å². The van der Waals surface area contributed by atoms with Crippen LogP contribution in [0.25, 0.3) is 0 Å². The predicted molar refractivity (Wildman–Crippen MR) is 103 cm³/mol. The molecule has 1 heterocycles. The van der Waals surface area contributed by atoms with Gasteiger partial charge < -0.3 is 10.6 Å². The summed E-state index contributed by atoms with van der Waals surface area (Å²) in [6, 6.07) is 17.3. The van der Waals surface area contributed by atoms with Gasteiger partial charge in [0, 0.05) is 28.7 Å². The predicted octanol–water partition coefficient (Wildman–Crippen LogP) is 4.55. The highest BCUT2D eigenvalue weighted by Gasteiger charge is 2.11. The van der Waals surface area contributed by atoms with Crippen LogP contribution in [0.3, 0.4) is 0 Å². The lowest BCUT2D eigenvalue weighted by Gasteiger charge is -2.12. The van der Waals surface area contributed by atoms with Crippen LogP contribution < -0.4 is 10.6 Å². The number of nitrogens with zero attached hydrogens (tertiary/aromatic N) is 1. The molecule has 2 N–H and O–H groups in total. The lowest BCUT2D eigenvalue weighted by atomic mass is 10.1. The molecule has 3 rings (SSSR count). The van der Waals surface area contributed by atoms with Crippen LogP contribution >= 0.6 is 11.6 Å². The lowest BCUT2D eigenvalue weighted by Crippen LogP contribution is -2.15. The Morgan fingerprint density at radius 3 is 2.35 bits per heavy atom. The molecule has 1 aromatic heterocycles. The van der Waals surface area contributed by atoms with E-state index in [4.69, 9.17) is 11.6 Å². The zero-order chi connectivity index (χ0) is 18.5. The average molecular weight is 366 g/mol. The summed E-state index contributed by atoms with van der Waals surface area (Å²) in [6.45, 7) is 1.87. The Labute approximate surface area is 156 Å². The second-order valence-corrected chi connectivity index (χ2v) is 6.06. The number of carbonyl (C=O) groups excluding carboxylic acids is 2. The number of carbonyl (C=O) groups is 2. The molecular weight excluding hydrogens is 350 g/mol. The number of aryl methyl sites for hydroxylation is 1. The minimum atomic E-state index is -0.302. The van der Waals surface area contributed by atoms with Crippen molar-refractivity contribution >= 4 is 34.8 Å². The summed E-state index contributed by atoms with van der Waals surface area (Å²) in [4.78, 5) is 28.5. The zero-order valence-electron chi connectivity index (χ0n) is 14.0. The van der Waals surface area contributed by atoms with Crippen LogP contribution in [0.1, 0.15) is 26.3 Å². The van der Waals surface area contributed by atoms with Gasteiger partial charge in [0.05, 0.1) is 0 Å². The summed E-state index contributed by atoms with van der Waals surface area (Å²) in [5.41, 5.74) is 3.03. The van der Waals surface area contributed by atoms with Crippen LogP contribution in [-0.4, -0.2) is 16.8 Å². The molecule has 0 spiro atoms. The summed E-state index contributed by atoms with van der Waals surface area (Å²) < 4.78 is 0. The maximum atomic E-state index is 12.4. The van der Waals surface area contributed by atoms with Gasteiger partial charge in [-0.05, 0) is 48.9 Å². The van der Waals surface area contributed by atoms with E-state index in [1.54, 1.807) is 42.5 Å². The van der Waals surface area contributed by atoms with Crippen molar-refractivity contribution in [3.05, 3.63) is 88.7 Å². The Morgan fingerprint density at radius 1 is 0.885 bits per heavy atom. The second kappa shape index (κ2) is 7.80. The molecule has 0 aliphatic rings. The van der Waals surface area contributed by atoms with Crippen molar-refractivity contribution in [2.24, 2.45) is 0 Å². The van der Waals surface area contributed by atoms with Gasteiger partial charge in [0.1, 0.15) is 5.15 Å². The van der Waals surface area contributed by atoms with Crippen molar-refractivity contribution < 1.29 is 9.59 Å². The maximum Gasteiger partial charge on any atom is 0.255 e. The molecular formula is C20H16ClN3O2. The molecule has 26 heavy (non-hydrogen) atoms. The SMILES string of the molecule is Cc1ccc(NC(=O)c2ccccc2)cc1NC(=O)c1ccnc(Cl)c1. The van der Waals surface area contributed by atoms with E-state index in [0.717, 1.165) is 5.56 Å². The highest BCUT2D eigenvalue weighted by atomic mass is 35.5. The van der Waals surface area contributed by atoms with Crippen molar-refractivity contribution in [1.29, 1.82) is 0 Å². The van der Waals surface area contributed by atoms with E-state index in [-0.39, 0.29) is 17.0 Å². The van der Waals surface area contributed by atoms with Crippen LogP contribution in [0.2, 0.25) is 5.15 Å². The fourth-order valence-corrected chi connectivity index (χ4v) is 2.54. The molecule has 0 aliphatic heterocycles. The standard InChI is InChI=1S/C20H16ClN3O2/c1-13-7-8-16(23-19(25)14-5-3-2-4-6-14)12-17(13)24-20(26)15-9-10-22-18(21)11-15/h2-12H,1H3,(H,23,25)(H,24,26). The molecule has 0 aliphatic carbocycles. The van der Waals surface area contributed by atoms with E-state index in [1.807, 2.05) is 19.1 Å². The molecule has 130 valence electrons. The quantitative estimate of drug-likeness (QED) is 0.666. The summed E-state index contributed by atoms with van der Waals surface area (Å²) >= 11 is 5.83. The van der Waals surface area contributed by atoms with Gasteiger partial charge in [-0.3, -0.25) is 9.59 Å². The highest BCUT2D eigenvalue weighted by Crippen LogP contribution is 2.22. The molecule has 0 saturated heterocycles. The number of rotatable bonds is 4. The number of nitrogens with one attached hydrogen (secondary N) is 2. The molecule has 0 bridgehead atoms. The van der Waals surface area contributed by atoms with Gasteiger partial charge in [0.15, 0.2) is 0 Å². The number of pyridine rings is 1. The number of halogens is 1. The van der Waals surface area contributed by atoms with Crippen molar-refractivity contribution in [1.82, 2.24) is 4.98 Å². The molecule has 2 aromatic carbocycles. The summed E-state index contributed by atoms with van der Waals surface area (Å²) in [7, 11) is 0. The zero-order valence-corrected chi connectivity index (χ0v) is 14.7. The summed E-state index contributed by atoms with van der Waals surface area (Å²) in [5.74, 6) is -0.517. The van der Waals surface area contributed by atoms with Crippen LogP contribution in [0.15, 0.2) is 66.9 Å². The van der Waals surface area contributed by atoms with Gasteiger partial charge in [-0.1, -0.05) is 35.9 Å². The topological polar surface area (TPSA) is 71.1 Å². The number of anilines is 2. The van der Waals surface area contributed by atoms with Gasteiger partial charge >= 0.3 is 0 Å². The molecule has 3 aromatic rings. The third kappa shape index (κ3) is 4.26. The number of hydrogen-bond donors (Lipinski definition) is 2. The van der Waals surface area contributed by atoms with Crippen LogP contribution in [0.5, 0.6) is 0 Å². The summed E-state index contributed by atoms with van der Waals surface area (Å²) in [5, 5.41) is 5.91. The van der Waals surface area contributed by atoms with E-state index in [1.165, 1.54) is 12.3 Å². The van der Waals surface area contributed by atoms with Crippen LogP contribution in [0, 0.1) is 6.92 Å². The van der Waals surface area contributed by atoms with Crippen molar-refractivity contribution in [3.63, 3.8) is 0 Å². The van der Waals surface area contributed by atoms with E-state index in [0.29, 0.717) is 22.5 Å². The Bertz CT molecular complexity index is 958. The molecule has 2 amide bonds. The Morgan fingerprint density at radius 2 is 1.62 bits per heavy atom. The third-order valence-electron chi connectivity index (χ3n) is 3.77. The first-order valence-electron chi connectivity index (χ1n) is 7.93. The van der Waals surface area contributed by atoms with Crippen LogP contribution in [0.4, 0.5) is 11.4 Å². The van der Waals surface area contributed by atoms with E-state index < -0.39 is 0 Å². The normalized spacial score (nSPS) is 10.2. The molecule has 5 nitrogen and oxygen atoms in total. The van der Waals surface area contributed by atoms with Gasteiger partial charge in [-0.15, -0.1) is 0 Å². The monoisotopic (exact) mass is 365 g/mol. The van der Waals surface area contributed by atoms with Gasteiger partial charge in [-0.25, -0.2) is 4.98 Å². The molecule has 0 radical (unpaired) electrons. The number of hydrogen-bond acceptors (Lipinski definition) is 3. The van der Waals surface area contributed by atoms with Crippen molar-refractivity contribution in [3.8, 4) is 0 Å². The minimum Gasteiger partial charge on any atom is -0.322 e. The van der Waals surface area contributed by atoms with E-state index in [9.17, 15) is 9.59 Å². The molecule has 6 heteroatoms. The average Bonchev–Trinajstić information content (AvgIpc) is 2.65. The number of benzene rings is 2. The molecule has 0 fully saturated rings. The smallest absolute Gasteiger partial charge is 0.255 e. The number of aromatic nitrogens is 1. The number of amides is 2. The maximum absolute atomic E-state index is 12.4. The fraction of sp³-hybridized carbons (Fsp3) is 0.0500. The van der Waals surface area contributed by atoms with Crippen molar-refractivity contribution in [2.45, 2.75) is 6.92 Å². The largest absolute Gasteiger partial charge is 0.322 e. The lowest BCUT2D eigenvalue weighted by molar-refractivity contribution is 0.101. The van der Waals surface area contributed by atoms with Crippen LogP contribution in [-0.2, 0) is 0 Å². The van der Waals surface area contributed by atoms with E-state index >= 15 is 0 Å². The minimum absolute atomic E-state index is 0.215. The second-order valence-electron chi connectivity index (χ2n) is 5.67. The Balaban J connectivity index is 1.77. The molecule has 0 atom stereocenters. The first-order chi connectivity index (χ1) is 12.5. The molecule has 0 unspecified atom stereocenters. The van der Waals surface area contributed by atoms with E-state index in [2.05, 4.69) is 15.6 Å². The highest BCUT2D eigenvalue weighted by molar-refractivity contribution is 6.29. The molecule has 0 saturated carbocycles. The fourth-order valence-electron chi connectivity index (χ4n) is 2.37. The Kier molecular flexibility index (Phi) is 5.29. The van der Waals surface area contributed by atoms with Gasteiger partial charge in [-0.2, -0.15) is 0 Å². The van der Waals surface area contributed by atoms with Gasteiger partial charge in [0.2, 0.25) is 0 Å². The van der Waals surface area contributed by atoms with Gasteiger partial charge in [0.25, 0.3) is 11.8 Å². The summed E-state index contributed by atoms with van der Waals surface area (Å²) in [6.07, 6.45) is 1.47. The first kappa shape index (κ1) is 17.6.